The Morgan fingerprint density at radius 3 is 2.63 bits per heavy atom. The average Bonchev–Trinajstić information content (AvgIpc) is 2.38. The molecule has 0 aromatic rings. The van der Waals surface area contributed by atoms with Crippen LogP contribution in [-0.4, -0.2) is 68.6 Å². The third-order valence-electron chi connectivity index (χ3n) is 2.18. The number of rotatable bonds is 11. The number of hydrogen-bond acceptors (Lipinski definition) is 5. The van der Waals surface area contributed by atoms with Crippen molar-refractivity contribution in [2.75, 3.05) is 45.5 Å². The molecule has 0 bridgehead atoms. The molecular weight excluding hydrogens is 272 g/mol. The molecule has 0 heterocycles. The van der Waals surface area contributed by atoms with Gasteiger partial charge in [-0.15, -0.1) is 0 Å². The maximum Gasteiger partial charge on any atom is 0.326 e. The third kappa shape index (κ3) is 10.6. The molecule has 2 amide bonds. The van der Waals surface area contributed by atoms with Crippen LogP contribution >= 0.6 is 11.8 Å². The van der Waals surface area contributed by atoms with Crippen LogP contribution < -0.4 is 10.6 Å². The normalized spacial score (nSPS) is 11.9. The first-order valence-corrected chi connectivity index (χ1v) is 7.34. The van der Waals surface area contributed by atoms with Gasteiger partial charge in [-0.05, 0) is 18.4 Å². The van der Waals surface area contributed by atoms with E-state index < -0.39 is 18.0 Å². The first kappa shape index (κ1) is 18.0. The highest BCUT2D eigenvalue weighted by atomic mass is 32.2. The lowest BCUT2D eigenvalue weighted by Gasteiger charge is -2.14. The van der Waals surface area contributed by atoms with Crippen LogP contribution in [-0.2, 0) is 14.3 Å². The molecule has 3 N–H and O–H groups in total. The molecule has 19 heavy (non-hydrogen) atoms. The zero-order valence-corrected chi connectivity index (χ0v) is 12.1. The number of hydrogen-bond donors (Lipinski definition) is 3. The Bertz CT molecular complexity index is 265. The Labute approximate surface area is 117 Å². The van der Waals surface area contributed by atoms with Crippen molar-refractivity contribution in [3.05, 3.63) is 0 Å². The van der Waals surface area contributed by atoms with Crippen LogP contribution in [0.3, 0.4) is 0 Å². The number of carboxylic acids is 1. The van der Waals surface area contributed by atoms with Crippen molar-refractivity contribution in [2.24, 2.45) is 0 Å². The third-order valence-corrected chi connectivity index (χ3v) is 2.82. The number of urea groups is 1. The summed E-state index contributed by atoms with van der Waals surface area (Å²) in [6.45, 7) is 1.65. The molecule has 8 heteroatoms. The largest absolute Gasteiger partial charge is 0.480 e. The molecule has 0 aliphatic heterocycles. The Morgan fingerprint density at radius 1 is 1.32 bits per heavy atom. The molecular formula is C11H22N2O5S. The van der Waals surface area contributed by atoms with Gasteiger partial charge in [-0.25, -0.2) is 9.59 Å². The molecule has 1 atom stereocenters. The van der Waals surface area contributed by atoms with Crippen molar-refractivity contribution in [1.82, 2.24) is 10.6 Å². The number of thioether (sulfide) groups is 1. The summed E-state index contributed by atoms with van der Waals surface area (Å²) in [5, 5.41) is 13.9. The van der Waals surface area contributed by atoms with Crippen molar-refractivity contribution in [3.63, 3.8) is 0 Å². The van der Waals surface area contributed by atoms with Crippen LogP contribution in [0.25, 0.3) is 0 Å². The van der Waals surface area contributed by atoms with Gasteiger partial charge in [-0.2, -0.15) is 11.8 Å². The molecule has 0 rings (SSSR count). The fourth-order valence-electron chi connectivity index (χ4n) is 1.18. The number of amides is 2. The number of nitrogens with one attached hydrogen (secondary N) is 2. The average molecular weight is 294 g/mol. The van der Waals surface area contributed by atoms with Gasteiger partial charge < -0.3 is 25.2 Å². The number of ether oxygens (including phenoxy) is 2. The van der Waals surface area contributed by atoms with E-state index in [4.69, 9.17) is 14.6 Å². The van der Waals surface area contributed by atoms with Crippen molar-refractivity contribution in [1.29, 1.82) is 0 Å². The summed E-state index contributed by atoms with van der Waals surface area (Å²) in [6, 6.07) is -1.36. The standard InChI is InChI=1S/C11H22N2O5S/c1-17-6-7-18-5-4-12-11(16)13-9(10(14)15)3-8-19-2/h9H,3-8H2,1-2H3,(H,14,15)(H2,12,13,16)/t9-/m1/s1. The summed E-state index contributed by atoms with van der Waals surface area (Å²) in [5.74, 6) is -0.349. The van der Waals surface area contributed by atoms with Crippen LogP contribution in [0.4, 0.5) is 4.79 Å². The van der Waals surface area contributed by atoms with Gasteiger partial charge >= 0.3 is 12.0 Å². The number of carbonyl (C=O) groups excluding carboxylic acids is 1. The first-order valence-electron chi connectivity index (χ1n) is 5.94. The molecule has 7 nitrogen and oxygen atoms in total. The van der Waals surface area contributed by atoms with Crippen molar-refractivity contribution in [3.8, 4) is 0 Å². The number of carbonyl (C=O) groups is 2. The number of carboxylic acid groups (broad SMARTS) is 1. The van der Waals surface area contributed by atoms with Crippen LogP contribution in [0.5, 0.6) is 0 Å². The second-order valence-electron chi connectivity index (χ2n) is 3.68. The van der Waals surface area contributed by atoms with E-state index in [-0.39, 0.29) is 0 Å². The van der Waals surface area contributed by atoms with Gasteiger partial charge in [-0.1, -0.05) is 0 Å². The van der Waals surface area contributed by atoms with Crippen LogP contribution in [0.1, 0.15) is 6.42 Å². The lowest BCUT2D eigenvalue weighted by Crippen LogP contribution is -2.47. The number of aliphatic carboxylic acids is 1. The Balaban J connectivity index is 3.71. The van der Waals surface area contributed by atoms with E-state index in [9.17, 15) is 9.59 Å². The summed E-state index contributed by atoms with van der Waals surface area (Å²) < 4.78 is 9.95. The fraction of sp³-hybridized carbons (Fsp3) is 0.818. The van der Waals surface area contributed by atoms with Crippen molar-refractivity contribution in [2.45, 2.75) is 12.5 Å². The minimum absolute atomic E-state index is 0.324. The second kappa shape index (κ2) is 12.1. The van der Waals surface area contributed by atoms with Crippen LogP contribution in [0.2, 0.25) is 0 Å². The summed E-state index contributed by atoms with van der Waals surface area (Å²) in [7, 11) is 1.58. The topological polar surface area (TPSA) is 96.9 Å². The Morgan fingerprint density at radius 2 is 2.05 bits per heavy atom. The Hall–Kier alpha value is -0.990. The highest BCUT2D eigenvalue weighted by Crippen LogP contribution is 2.00. The molecule has 0 spiro atoms. The molecule has 0 radical (unpaired) electrons. The van der Waals surface area contributed by atoms with Gasteiger partial charge in [0.05, 0.1) is 19.8 Å². The maximum absolute atomic E-state index is 11.4. The lowest BCUT2D eigenvalue weighted by atomic mass is 10.2. The van der Waals surface area contributed by atoms with E-state index in [1.54, 1.807) is 7.11 Å². The van der Waals surface area contributed by atoms with E-state index in [0.717, 1.165) is 0 Å². The van der Waals surface area contributed by atoms with Gasteiger partial charge in [0.1, 0.15) is 6.04 Å². The molecule has 0 aromatic heterocycles. The highest BCUT2D eigenvalue weighted by molar-refractivity contribution is 7.98. The van der Waals surface area contributed by atoms with Crippen LogP contribution in [0, 0.1) is 0 Å². The quantitative estimate of drug-likeness (QED) is 0.470. The van der Waals surface area contributed by atoms with Gasteiger partial charge in [-0.3, -0.25) is 0 Å². The minimum Gasteiger partial charge on any atom is -0.480 e. The highest BCUT2D eigenvalue weighted by Gasteiger charge is 2.18. The van der Waals surface area contributed by atoms with E-state index in [1.807, 2.05) is 6.26 Å². The van der Waals surface area contributed by atoms with E-state index >= 15 is 0 Å². The van der Waals surface area contributed by atoms with Gasteiger partial charge in [0.25, 0.3) is 0 Å². The zero-order valence-electron chi connectivity index (χ0n) is 11.3. The maximum atomic E-state index is 11.4. The predicted molar refractivity (Wildman–Crippen MR) is 73.7 cm³/mol. The monoisotopic (exact) mass is 294 g/mol. The smallest absolute Gasteiger partial charge is 0.326 e. The SMILES string of the molecule is COCCOCCNC(=O)N[C@H](CCSC)C(=O)O. The van der Waals surface area contributed by atoms with Gasteiger partial charge in [0.15, 0.2) is 0 Å². The first-order chi connectivity index (χ1) is 9.11. The summed E-state index contributed by atoms with van der Waals surface area (Å²) in [5.41, 5.74) is 0. The van der Waals surface area contributed by atoms with Crippen molar-refractivity contribution < 1.29 is 24.2 Å². The molecule has 0 saturated heterocycles. The summed E-state index contributed by atoms with van der Waals surface area (Å²) in [4.78, 5) is 22.3. The minimum atomic E-state index is -1.03. The van der Waals surface area contributed by atoms with Crippen LogP contribution in [0.15, 0.2) is 0 Å². The zero-order chi connectivity index (χ0) is 14.5. The molecule has 0 fully saturated rings. The molecule has 0 aliphatic carbocycles. The fourth-order valence-corrected chi connectivity index (χ4v) is 1.65. The van der Waals surface area contributed by atoms with Gasteiger partial charge in [0.2, 0.25) is 0 Å². The predicted octanol–water partition coefficient (Wildman–Crippen LogP) is 0.155. The van der Waals surface area contributed by atoms with E-state index in [0.29, 0.717) is 38.5 Å². The molecule has 112 valence electrons. The molecule has 0 aliphatic rings. The molecule has 0 aromatic carbocycles. The van der Waals surface area contributed by atoms with E-state index in [1.165, 1.54) is 11.8 Å². The Kier molecular flexibility index (Phi) is 11.4. The summed E-state index contributed by atoms with van der Waals surface area (Å²) >= 11 is 1.54. The summed E-state index contributed by atoms with van der Waals surface area (Å²) in [6.07, 6.45) is 2.28. The molecule has 0 unspecified atom stereocenters. The van der Waals surface area contributed by atoms with Crippen molar-refractivity contribution >= 4 is 23.8 Å². The second-order valence-corrected chi connectivity index (χ2v) is 4.66. The van der Waals surface area contributed by atoms with E-state index in [2.05, 4.69) is 10.6 Å². The number of methoxy groups -OCH3 is 1. The molecule has 0 saturated carbocycles. The van der Waals surface area contributed by atoms with Gasteiger partial charge in [0, 0.05) is 13.7 Å². The lowest BCUT2D eigenvalue weighted by molar-refractivity contribution is -0.139.